The van der Waals surface area contributed by atoms with E-state index >= 15 is 0 Å². The molecule has 5 nitrogen and oxygen atoms in total. The molecule has 5 heteroatoms. The number of piperidine rings is 1. The first kappa shape index (κ1) is 14.6. The van der Waals surface area contributed by atoms with E-state index in [0.717, 1.165) is 51.4 Å². The number of rotatable bonds is 5. The number of hydrogen-bond acceptors (Lipinski definition) is 3. The Kier molecular flexibility index (Phi) is 4.58. The van der Waals surface area contributed by atoms with Crippen LogP contribution in [0.15, 0.2) is 12.4 Å². The van der Waals surface area contributed by atoms with Gasteiger partial charge in [-0.25, -0.2) is 4.98 Å². The lowest BCUT2D eigenvalue weighted by atomic mass is 9.98. The Morgan fingerprint density at radius 2 is 2.19 bits per heavy atom. The van der Waals surface area contributed by atoms with Crippen LogP contribution in [0, 0.1) is 12.8 Å². The molecule has 0 spiro atoms. The molecule has 116 valence electrons. The highest BCUT2D eigenvalue weighted by atomic mass is 16.2. The Balaban J connectivity index is 1.47. The van der Waals surface area contributed by atoms with E-state index in [0.29, 0.717) is 11.8 Å². The second kappa shape index (κ2) is 6.60. The third-order valence-corrected chi connectivity index (χ3v) is 4.84. The van der Waals surface area contributed by atoms with Gasteiger partial charge in [0, 0.05) is 51.5 Å². The molecule has 1 amide bonds. The van der Waals surface area contributed by atoms with Crippen molar-refractivity contribution in [1.29, 1.82) is 0 Å². The second-order valence-electron chi connectivity index (χ2n) is 6.42. The fourth-order valence-corrected chi connectivity index (χ4v) is 3.58. The van der Waals surface area contributed by atoms with Crippen molar-refractivity contribution in [1.82, 2.24) is 19.4 Å². The average molecular weight is 290 g/mol. The van der Waals surface area contributed by atoms with Crippen LogP contribution in [0.3, 0.4) is 0 Å². The van der Waals surface area contributed by atoms with Gasteiger partial charge in [-0.2, -0.15) is 0 Å². The van der Waals surface area contributed by atoms with Gasteiger partial charge in [-0.1, -0.05) is 0 Å². The maximum Gasteiger partial charge on any atom is 0.222 e. The van der Waals surface area contributed by atoms with E-state index in [2.05, 4.69) is 27.6 Å². The zero-order valence-corrected chi connectivity index (χ0v) is 13.0. The summed E-state index contributed by atoms with van der Waals surface area (Å²) in [5, 5.41) is 0. The third kappa shape index (κ3) is 3.64. The van der Waals surface area contributed by atoms with E-state index in [-0.39, 0.29) is 0 Å². The normalized spacial score (nSPS) is 24.0. The molecule has 2 aliphatic heterocycles. The van der Waals surface area contributed by atoms with Crippen LogP contribution in [0.25, 0.3) is 0 Å². The summed E-state index contributed by atoms with van der Waals surface area (Å²) < 4.78 is 2.26. The number of amides is 1. The molecule has 0 saturated carbocycles. The van der Waals surface area contributed by atoms with E-state index < -0.39 is 0 Å². The quantitative estimate of drug-likeness (QED) is 0.826. The summed E-state index contributed by atoms with van der Waals surface area (Å²) in [6.45, 7) is 8.39. The van der Waals surface area contributed by atoms with Crippen LogP contribution in [-0.4, -0.2) is 58.0 Å². The predicted molar refractivity (Wildman–Crippen MR) is 81.9 cm³/mol. The van der Waals surface area contributed by atoms with Crippen molar-refractivity contribution in [3.8, 4) is 0 Å². The van der Waals surface area contributed by atoms with Crippen molar-refractivity contribution in [2.75, 3.05) is 32.7 Å². The van der Waals surface area contributed by atoms with E-state index in [1.54, 1.807) is 0 Å². The van der Waals surface area contributed by atoms with Crippen molar-refractivity contribution < 1.29 is 4.79 Å². The van der Waals surface area contributed by atoms with Gasteiger partial charge < -0.3 is 14.4 Å². The van der Waals surface area contributed by atoms with E-state index in [4.69, 9.17) is 0 Å². The zero-order chi connectivity index (χ0) is 14.7. The van der Waals surface area contributed by atoms with Crippen molar-refractivity contribution >= 4 is 5.91 Å². The smallest absolute Gasteiger partial charge is 0.222 e. The fourth-order valence-electron chi connectivity index (χ4n) is 3.58. The summed E-state index contributed by atoms with van der Waals surface area (Å²) in [6, 6.07) is 0. The molecule has 1 aromatic rings. The minimum atomic E-state index is 0.345. The lowest BCUT2D eigenvalue weighted by molar-refractivity contribution is -0.127. The molecule has 0 aromatic carbocycles. The Bertz CT molecular complexity index is 484. The van der Waals surface area contributed by atoms with Gasteiger partial charge in [0.15, 0.2) is 0 Å². The summed E-state index contributed by atoms with van der Waals surface area (Å²) in [4.78, 5) is 20.5. The molecule has 1 atom stereocenters. The van der Waals surface area contributed by atoms with Crippen LogP contribution >= 0.6 is 0 Å². The van der Waals surface area contributed by atoms with Gasteiger partial charge in [0.05, 0.1) is 0 Å². The molecule has 1 aromatic heterocycles. The number of aromatic nitrogens is 2. The molecule has 3 heterocycles. The number of nitrogens with zero attached hydrogens (tertiary/aromatic N) is 4. The number of likely N-dealkylation sites (tertiary alicyclic amines) is 2. The first-order valence-electron chi connectivity index (χ1n) is 8.20. The number of aryl methyl sites for hydroxylation is 1. The summed E-state index contributed by atoms with van der Waals surface area (Å²) in [5.41, 5.74) is 0. The number of carbonyl (C=O) groups excluding carboxylic acids is 1. The molecule has 2 fully saturated rings. The average Bonchev–Trinajstić information content (AvgIpc) is 3.07. The number of hydrogen-bond donors (Lipinski definition) is 0. The Hall–Kier alpha value is -1.36. The van der Waals surface area contributed by atoms with Crippen LogP contribution in [0.1, 0.15) is 31.5 Å². The maximum atomic E-state index is 11.7. The molecule has 2 aliphatic rings. The van der Waals surface area contributed by atoms with Gasteiger partial charge in [-0.15, -0.1) is 0 Å². The molecule has 21 heavy (non-hydrogen) atoms. The van der Waals surface area contributed by atoms with Crippen LogP contribution in [0.4, 0.5) is 0 Å². The molecule has 2 saturated heterocycles. The van der Waals surface area contributed by atoms with Crippen molar-refractivity contribution in [3.05, 3.63) is 18.2 Å². The van der Waals surface area contributed by atoms with Crippen LogP contribution < -0.4 is 0 Å². The molecule has 0 aliphatic carbocycles. The van der Waals surface area contributed by atoms with Crippen LogP contribution in [0.2, 0.25) is 0 Å². The maximum absolute atomic E-state index is 11.7. The summed E-state index contributed by atoms with van der Waals surface area (Å²) >= 11 is 0. The largest absolute Gasteiger partial charge is 0.341 e. The first-order valence-corrected chi connectivity index (χ1v) is 8.20. The molecule has 0 bridgehead atoms. The molecule has 0 radical (unpaired) electrons. The van der Waals surface area contributed by atoms with Crippen molar-refractivity contribution in [3.63, 3.8) is 0 Å². The zero-order valence-electron chi connectivity index (χ0n) is 13.0. The molecule has 3 rings (SSSR count). The molecule has 1 unspecified atom stereocenters. The Morgan fingerprint density at radius 3 is 2.90 bits per heavy atom. The van der Waals surface area contributed by atoms with Crippen molar-refractivity contribution in [2.24, 2.45) is 5.92 Å². The van der Waals surface area contributed by atoms with Crippen LogP contribution in [0.5, 0.6) is 0 Å². The summed E-state index contributed by atoms with van der Waals surface area (Å²) in [6.07, 6.45) is 8.33. The van der Waals surface area contributed by atoms with Gasteiger partial charge >= 0.3 is 0 Å². The van der Waals surface area contributed by atoms with Gasteiger partial charge in [-0.3, -0.25) is 4.79 Å². The standard InChI is InChI=1S/C16H26N4O/c1-14-17-6-9-20(14)13-15-4-2-7-18(12-15)10-11-19-8-3-5-16(19)21/h6,9,15H,2-5,7-8,10-13H2,1H3. The first-order chi connectivity index (χ1) is 10.2. The third-order valence-electron chi connectivity index (χ3n) is 4.84. The molecular weight excluding hydrogens is 264 g/mol. The lowest BCUT2D eigenvalue weighted by Crippen LogP contribution is -2.42. The number of carbonyl (C=O) groups is 1. The van der Waals surface area contributed by atoms with Gasteiger partial charge in [0.2, 0.25) is 5.91 Å². The minimum Gasteiger partial charge on any atom is -0.341 e. The summed E-state index contributed by atoms with van der Waals surface area (Å²) in [5.74, 6) is 2.16. The Labute approximate surface area is 126 Å². The minimum absolute atomic E-state index is 0.345. The Morgan fingerprint density at radius 1 is 1.29 bits per heavy atom. The highest BCUT2D eigenvalue weighted by Gasteiger charge is 2.23. The summed E-state index contributed by atoms with van der Waals surface area (Å²) in [7, 11) is 0. The van der Waals surface area contributed by atoms with Crippen molar-refractivity contribution in [2.45, 2.75) is 39.2 Å². The van der Waals surface area contributed by atoms with Gasteiger partial charge in [-0.05, 0) is 38.6 Å². The highest BCUT2D eigenvalue weighted by Crippen LogP contribution is 2.19. The van der Waals surface area contributed by atoms with Gasteiger partial charge in [0.1, 0.15) is 5.82 Å². The molecule has 0 N–H and O–H groups in total. The van der Waals surface area contributed by atoms with E-state index in [9.17, 15) is 4.79 Å². The number of imidazole rings is 1. The topological polar surface area (TPSA) is 41.4 Å². The van der Waals surface area contributed by atoms with Crippen LogP contribution in [-0.2, 0) is 11.3 Å². The van der Waals surface area contributed by atoms with E-state index in [1.807, 2.05) is 11.1 Å². The lowest BCUT2D eigenvalue weighted by Gasteiger charge is -2.34. The SMILES string of the molecule is Cc1nccn1CC1CCCN(CCN2CCCC2=O)C1. The van der Waals surface area contributed by atoms with Gasteiger partial charge in [0.25, 0.3) is 0 Å². The second-order valence-corrected chi connectivity index (χ2v) is 6.42. The predicted octanol–water partition coefficient (Wildman–Crippen LogP) is 1.53. The molecular formula is C16H26N4O. The van der Waals surface area contributed by atoms with E-state index in [1.165, 1.54) is 19.4 Å². The fraction of sp³-hybridized carbons (Fsp3) is 0.750. The highest BCUT2D eigenvalue weighted by molar-refractivity contribution is 5.78. The monoisotopic (exact) mass is 290 g/mol.